The lowest BCUT2D eigenvalue weighted by molar-refractivity contribution is -0.131. The molecule has 7 nitrogen and oxygen atoms in total. The molecule has 0 radical (unpaired) electrons. The summed E-state index contributed by atoms with van der Waals surface area (Å²) in [6, 6.07) is 7.93. The number of rotatable bonds is 7. The monoisotopic (exact) mass is 492 g/mol. The molecule has 10 heteroatoms. The molecule has 4 rings (SSSR count). The highest BCUT2D eigenvalue weighted by Gasteiger charge is 2.44. The van der Waals surface area contributed by atoms with Gasteiger partial charge in [0.1, 0.15) is 6.54 Å². The normalized spacial score (nSPS) is 18.2. The van der Waals surface area contributed by atoms with Crippen molar-refractivity contribution < 1.29 is 14.4 Å². The van der Waals surface area contributed by atoms with E-state index in [4.69, 9.17) is 23.2 Å². The summed E-state index contributed by atoms with van der Waals surface area (Å²) in [6.07, 6.45) is 0.741. The summed E-state index contributed by atoms with van der Waals surface area (Å²) in [4.78, 5) is 42.7. The smallest absolute Gasteiger partial charge is 0.322 e. The second-order valence-corrected chi connectivity index (χ2v) is 9.37. The summed E-state index contributed by atoms with van der Waals surface area (Å²) < 4.78 is 0. The quantitative estimate of drug-likeness (QED) is 0.619. The van der Waals surface area contributed by atoms with E-state index in [0.717, 1.165) is 6.42 Å². The van der Waals surface area contributed by atoms with Gasteiger partial charge in [0.2, 0.25) is 5.91 Å². The third kappa shape index (κ3) is 4.48. The minimum absolute atomic E-state index is 0.0803. The molecule has 1 aromatic heterocycles. The highest BCUT2D eigenvalue weighted by atomic mass is 35.5. The molecule has 3 heterocycles. The molecule has 32 heavy (non-hydrogen) atoms. The van der Waals surface area contributed by atoms with Gasteiger partial charge in [-0.1, -0.05) is 35.3 Å². The minimum Gasteiger partial charge on any atom is -0.354 e. The number of hydrogen-bond acceptors (Lipinski definition) is 4. The maximum Gasteiger partial charge on any atom is 0.322 e. The highest BCUT2D eigenvalue weighted by molar-refractivity contribution is 7.09. The van der Waals surface area contributed by atoms with Crippen molar-refractivity contribution in [2.45, 2.75) is 19.4 Å². The number of likely N-dealkylation sites (N-methyl/N-ethyl adjacent to an activating group) is 1. The third-order valence-corrected chi connectivity index (χ3v) is 6.99. The second-order valence-electron chi connectivity index (χ2n) is 7.49. The summed E-state index contributed by atoms with van der Waals surface area (Å²) in [5, 5.41) is 8.55. The van der Waals surface area contributed by atoms with Gasteiger partial charge in [-0.25, -0.2) is 4.79 Å². The zero-order valence-electron chi connectivity index (χ0n) is 17.4. The number of amides is 4. The number of thiophene rings is 1. The first-order valence-electron chi connectivity index (χ1n) is 10.2. The predicted molar refractivity (Wildman–Crippen MR) is 125 cm³/mol. The number of urea groups is 1. The fourth-order valence-electron chi connectivity index (χ4n) is 3.99. The summed E-state index contributed by atoms with van der Waals surface area (Å²) in [6.45, 7) is 2.85. The first-order valence-corrected chi connectivity index (χ1v) is 11.9. The Morgan fingerprint density at radius 3 is 2.78 bits per heavy atom. The number of carbonyl (C=O) groups excluding carboxylic acids is 3. The second kappa shape index (κ2) is 9.52. The number of nitrogens with one attached hydrogen (secondary N) is 2. The summed E-state index contributed by atoms with van der Waals surface area (Å²) >= 11 is 14.0. The van der Waals surface area contributed by atoms with Gasteiger partial charge in [0.05, 0.1) is 23.9 Å². The molecule has 0 bridgehead atoms. The molecule has 0 aliphatic carbocycles. The van der Waals surface area contributed by atoms with Crippen LogP contribution in [0.15, 0.2) is 47.0 Å². The molecule has 0 saturated heterocycles. The van der Waals surface area contributed by atoms with Crippen LogP contribution in [-0.4, -0.2) is 53.8 Å². The van der Waals surface area contributed by atoms with Crippen molar-refractivity contribution in [3.63, 3.8) is 0 Å². The minimum atomic E-state index is -0.704. The van der Waals surface area contributed by atoms with Crippen LogP contribution in [0.1, 0.15) is 23.4 Å². The molecule has 0 spiro atoms. The van der Waals surface area contributed by atoms with Gasteiger partial charge >= 0.3 is 6.03 Å². The Balaban J connectivity index is 1.51. The van der Waals surface area contributed by atoms with E-state index in [0.29, 0.717) is 40.0 Å². The summed E-state index contributed by atoms with van der Waals surface area (Å²) in [5.41, 5.74) is 1.62. The van der Waals surface area contributed by atoms with Gasteiger partial charge in [-0.3, -0.25) is 14.5 Å². The lowest BCUT2D eigenvalue weighted by Gasteiger charge is -2.33. The van der Waals surface area contributed by atoms with Crippen molar-refractivity contribution in [3.05, 3.63) is 67.5 Å². The first kappa shape index (κ1) is 22.6. The Bertz CT molecular complexity index is 1090. The van der Waals surface area contributed by atoms with Crippen LogP contribution < -0.4 is 10.6 Å². The van der Waals surface area contributed by atoms with Crippen molar-refractivity contribution in [1.82, 2.24) is 20.4 Å². The zero-order valence-corrected chi connectivity index (χ0v) is 19.7. The Hall–Kier alpha value is -2.55. The lowest BCUT2D eigenvalue weighted by Crippen LogP contribution is -2.47. The molecule has 0 unspecified atom stereocenters. The molecule has 0 fully saturated rings. The molecule has 168 valence electrons. The Labute approximate surface area is 200 Å². The van der Waals surface area contributed by atoms with E-state index in [2.05, 4.69) is 10.6 Å². The lowest BCUT2D eigenvalue weighted by atomic mass is 9.95. The number of carbonyl (C=O) groups is 3. The van der Waals surface area contributed by atoms with Crippen molar-refractivity contribution in [3.8, 4) is 0 Å². The van der Waals surface area contributed by atoms with Crippen molar-refractivity contribution in [2.75, 3.05) is 26.2 Å². The van der Waals surface area contributed by atoms with E-state index < -0.39 is 6.04 Å². The average molecular weight is 493 g/mol. The SMILES string of the molecule is CCN1C(=O)N[C@H](c2ccc(Cl)cc2Cl)C2=C1CN(CC(=O)NCCc1cccs1)C2=O. The summed E-state index contributed by atoms with van der Waals surface area (Å²) in [7, 11) is 0. The first-order chi connectivity index (χ1) is 15.4. The van der Waals surface area contributed by atoms with Crippen LogP contribution in [0.4, 0.5) is 4.79 Å². The van der Waals surface area contributed by atoms with E-state index >= 15 is 0 Å². The zero-order chi connectivity index (χ0) is 22.8. The number of benzene rings is 1. The van der Waals surface area contributed by atoms with Crippen molar-refractivity contribution in [1.29, 1.82) is 0 Å². The van der Waals surface area contributed by atoms with Crippen molar-refractivity contribution >= 4 is 52.4 Å². The molecule has 2 aliphatic rings. The Morgan fingerprint density at radius 2 is 2.09 bits per heavy atom. The molecular weight excluding hydrogens is 471 g/mol. The van der Waals surface area contributed by atoms with Crippen LogP contribution in [0.3, 0.4) is 0 Å². The van der Waals surface area contributed by atoms with E-state index in [9.17, 15) is 14.4 Å². The van der Waals surface area contributed by atoms with Crippen LogP contribution in [0, 0.1) is 0 Å². The van der Waals surface area contributed by atoms with Crippen molar-refractivity contribution in [2.24, 2.45) is 0 Å². The number of halogens is 2. The van der Waals surface area contributed by atoms with Gasteiger partial charge < -0.3 is 15.5 Å². The predicted octanol–water partition coefficient (Wildman–Crippen LogP) is 3.60. The molecular formula is C22H22Cl2N4O3S. The molecule has 1 atom stereocenters. The molecule has 1 aromatic carbocycles. The number of hydrogen-bond donors (Lipinski definition) is 2. The van der Waals surface area contributed by atoms with Crippen LogP contribution in [0.25, 0.3) is 0 Å². The molecule has 2 N–H and O–H groups in total. The molecule has 2 aromatic rings. The third-order valence-electron chi connectivity index (χ3n) is 5.49. The maximum absolute atomic E-state index is 13.3. The highest BCUT2D eigenvalue weighted by Crippen LogP contribution is 2.39. The van der Waals surface area contributed by atoms with Gasteiger partial charge in [-0.15, -0.1) is 11.3 Å². The van der Waals surface area contributed by atoms with Crippen LogP contribution in [-0.2, 0) is 16.0 Å². The molecule has 0 saturated carbocycles. The van der Waals surface area contributed by atoms with E-state index in [1.807, 2.05) is 24.4 Å². The van der Waals surface area contributed by atoms with Gasteiger partial charge in [-0.2, -0.15) is 0 Å². The number of nitrogens with zero attached hydrogens (tertiary/aromatic N) is 2. The standard InChI is InChI=1S/C22H22Cl2N4O3S/c1-2-28-17-11-27(12-18(29)25-8-7-14-4-3-9-32-14)21(30)19(17)20(26-22(28)31)15-6-5-13(23)10-16(15)24/h3-6,9-10,20H,2,7-8,11-12H2,1H3,(H,25,29)(H,26,31)/t20-/m1/s1. The van der Waals surface area contributed by atoms with Crippen LogP contribution in [0.2, 0.25) is 10.0 Å². The van der Waals surface area contributed by atoms with Gasteiger partial charge in [-0.05, 0) is 42.5 Å². The van der Waals surface area contributed by atoms with Crippen LogP contribution >= 0.6 is 34.5 Å². The van der Waals surface area contributed by atoms with Crippen LogP contribution in [0.5, 0.6) is 0 Å². The van der Waals surface area contributed by atoms with E-state index in [1.54, 1.807) is 29.5 Å². The van der Waals surface area contributed by atoms with Gasteiger partial charge in [0.25, 0.3) is 5.91 Å². The average Bonchev–Trinajstić information content (AvgIpc) is 3.36. The Kier molecular flexibility index (Phi) is 6.74. The molecule has 2 aliphatic heterocycles. The van der Waals surface area contributed by atoms with Gasteiger partial charge in [0.15, 0.2) is 0 Å². The summed E-state index contributed by atoms with van der Waals surface area (Å²) in [5.74, 6) is -0.527. The maximum atomic E-state index is 13.3. The molecule has 4 amide bonds. The van der Waals surface area contributed by atoms with E-state index in [1.165, 1.54) is 14.7 Å². The van der Waals surface area contributed by atoms with Gasteiger partial charge in [0, 0.05) is 28.0 Å². The fraction of sp³-hybridized carbons (Fsp3) is 0.318. The largest absolute Gasteiger partial charge is 0.354 e. The topological polar surface area (TPSA) is 81.8 Å². The van der Waals surface area contributed by atoms with E-state index in [-0.39, 0.29) is 30.9 Å². The fourth-order valence-corrected chi connectivity index (χ4v) is 5.22. The Morgan fingerprint density at radius 1 is 1.28 bits per heavy atom.